The van der Waals surface area contributed by atoms with E-state index in [-0.39, 0.29) is 18.1 Å². The first-order valence-electron chi connectivity index (χ1n) is 9.86. The van der Waals surface area contributed by atoms with Crippen LogP contribution in [0.1, 0.15) is 31.2 Å². The van der Waals surface area contributed by atoms with Crippen LogP contribution >= 0.6 is 19.4 Å². The Balaban J connectivity index is 1.46. The monoisotopic (exact) mass is 508 g/mol. The van der Waals surface area contributed by atoms with Crippen molar-refractivity contribution in [3.05, 3.63) is 67.7 Å². The number of nitrogens with one attached hydrogen (secondary N) is 1. The smallest absolute Gasteiger partial charge is 0.387 e. The molecule has 2 aliphatic heterocycles. The second kappa shape index (κ2) is 9.03. The number of hydrogen-bond acceptors (Lipinski definition) is 8. The van der Waals surface area contributed by atoms with Crippen LogP contribution < -0.4 is 11.2 Å². The molecule has 3 heterocycles. The van der Waals surface area contributed by atoms with Crippen LogP contribution in [0, 0.1) is 5.82 Å². The molecule has 0 spiro atoms. The third-order valence-corrected chi connectivity index (χ3v) is 7.20. The quantitative estimate of drug-likeness (QED) is 0.590. The van der Waals surface area contributed by atoms with E-state index in [1.165, 1.54) is 12.1 Å². The van der Waals surface area contributed by atoms with Crippen LogP contribution in [0.2, 0.25) is 5.02 Å². The molecule has 0 saturated carbocycles. The van der Waals surface area contributed by atoms with Crippen LogP contribution in [0.3, 0.4) is 0 Å². The summed E-state index contributed by atoms with van der Waals surface area (Å²) in [5.41, 5.74) is -3.71. The lowest BCUT2D eigenvalue weighted by Crippen LogP contribution is -2.43. The number of alkyl halides is 1. The van der Waals surface area contributed by atoms with Gasteiger partial charge >= 0.3 is 13.5 Å². The van der Waals surface area contributed by atoms with Gasteiger partial charge in [-0.1, -0.05) is 17.7 Å². The van der Waals surface area contributed by atoms with E-state index in [1.54, 1.807) is 0 Å². The summed E-state index contributed by atoms with van der Waals surface area (Å²) in [6, 6.07) is 4.99. The van der Waals surface area contributed by atoms with Gasteiger partial charge in [-0.25, -0.2) is 18.1 Å². The third kappa shape index (κ3) is 4.83. The molecule has 4 rings (SSSR count). The Morgan fingerprint density at radius 2 is 2.15 bits per heavy atom. The Morgan fingerprint density at radius 1 is 1.39 bits per heavy atom. The fourth-order valence-electron chi connectivity index (χ4n) is 3.65. The first-order chi connectivity index (χ1) is 15.5. The zero-order valence-electron chi connectivity index (χ0n) is 17.2. The number of benzene rings is 1. The molecule has 0 amide bonds. The lowest BCUT2D eigenvalue weighted by Gasteiger charge is -2.30. The van der Waals surface area contributed by atoms with E-state index in [1.807, 2.05) is 4.98 Å². The lowest BCUT2D eigenvalue weighted by molar-refractivity contribution is -0.0654. The van der Waals surface area contributed by atoms with Gasteiger partial charge in [0.1, 0.15) is 18.0 Å². The number of phosphoric ester groups is 1. The fraction of sp³-hybridized carbons (Fsp3) is 0.474. The average molecular weight is 509 g/mol. The maximum atomic E-state index is 15.2. The molecule has 14 heteroatoms. The summed E-state index contributed by atoms with van der Waals surface area (Å²) in [7, 11) is -4.18. The van der Waals surface area contributed by atoms with E-state index in [2.05, 4.69) is 0 Å². The predicted octanol–water partition coefficient (Wildman–Crippen LogP) is 2.62. The second-order valence-corrected chi connectivity index (χ2v) is 9.80. The number of nitrogens with zero attached hydrogens (tertiary/aromatic N) is 1. The van der Waals surface area contributed by atoms with Gasteiger partial charge in [-0.15, -0.1) is 0 Å². The summed E-state index contributed by atoms with van der Waals surface area (Å²) < 4.78 is 64.0. The summed E-state index contributed by atoms with van der Waals surface area (Å²) in [6.07, 6.45) is -4.25. The summed E-state index contributed by atoms with van der Waals surface area (Å²) in [5.74, 6) is -0.673. The van der Waals surface area contributed by atoms with Crippen molar-refractivity contribution in [2.24, 2.45) is 0 Å². The van der Waals surface area contributed by atoms with E-state index in [0.29, 0.717) is 5.56 Å². The van der Waals surface area contributed by atoms with E-state index in [0.717, 1.165) is 29.8 Å². The largest absolute Gasteiger partial charge is 0.475 e. The Morgan fingerprint density at radius 3 is 2.85 bits per heavy atom. The number of H-pyrrole nitrogens is 1. The molecule has 2 fully saturated rings. The number of aromatic nitrogens is 2. The van der Waals surface area contributed by atoms with Crippen LogP contribution in [0.15, 0.2) is 40.1 Å². The molecule has 10 nitrogen and oxygen atoms in total. The molecule has 180 valence electrons. The molecular weight excluding hydrogens is 489 g/mol. The summed E-state index contributed by atoms with van der Waals surface area (Å²) in [6.45, 7) is 0.380. The van der Waals surface area contributed by atoms with Crippen molar-refractivity contribution >= 4 is 19.4 Å². The van der Waals surface area contributed by atoms with Crippen molar-refractivity contribution in [2.75, 3.05) is 13.2 Å². The van der Waals surface area contributed by atoms with Gasteiger partial charge in [0.25, 0.3) is 5.56 Å². The molecule has 0 radical (unpaired) electrons. The van der Waals surface area contributed by atoms with Gasteiger partial charge in [-0.2, -0.15) is 0 Å². The lowest BCUT2D eigenvalue weighted by atomic mass is 9.98. The van der Waals surface area contributed by atoms with Crippen molar-refractivity contribution in [1.82, 2.24) is 9.55 Å². The van der Waals surface area contributed by atoms with E-state index >= 15 is 4.39 Å². The van der Waals surface area contributed by atoms with Gasteiger partial charge in [-0.05, 0) is 24.6 Å². The minimum Gasteiger partial charge on any atom is -0.387 e. The normalized spacial score (nSPS) is 34.5. The van der Waals surface area contributed by atoms with Crippen LogP contribution in [0.25, 0.3) is 0 Å². The predicted molar refractivity (Wildman–Crippen MR) is 110 cm³/mol. The van der Waals surface area contributed by atoms with Gasteiger partial charge in [0.05, 0.1) is 24.3 Å². The van der Waals surface area contributed by atoms with Gasteiger partial charge in [0, 0.05) is 18.7 Å². The minimum atomic E-state index is -4.18. The SMILES string of the molecule is C[C@@]1(F)[C@H](O)[C@@H](CO[P@]2(=O)OCC[C@H](c3ccc(Cl)c(F)c3)O2)O[C@H]1n1ccc(=O)[nH]c1=O. The third-order valence-electron chi connectivity index (χ3n) is 5.42. The van der Waals surface area contributed by atoms with E-state index in [4.69, 9.17) is 29.9 Å². The topological polar surface area (TPSA) is 129 Å². The molecule has 2 aromatic rings. The summed E-state index contributed by atoms with van der Waals surface area (Å²) >= 11 is 5.68. The molecule has 1 aromatic carbocycles. The number of rotatable bonds is 5. The number of aliphatic hydroxyl groups excluding tert-OH is 1. The maximum Gasteiger partial charge on any atom is 0.475 e. The van der Waals surface area contributed by atoms with Crippen molar-refractivity contribution in [1.29, 1.82) is 0 Å². The molecule has 6 atom stereocenters. The Kier molecular flexibility index (Phi) is 6.62. The zero-order valence-corrected chi connectivity index (χ0v) is 18.8. The summed E-state index contributed by atoms with van der Waals surface area (Å²) in [4.78, 5) is 25.3. The van der Waals surface area contributed by atoms with Gasteiger partial charge in [-0.3, -0.25) is 27.9 Å². The number of hydrogen-bond donors (Lipinski definition) is 2. The molecule has 0 aliphatic carbocycles. The van der Waals surface area contributed by atoms with Crippen LogP contribution in [0.4, 0.5) is 8.78 Å². The standard InChI is InChI=1S/C19H20ClF2N2O8P/c1-19(22)16(26)14(31-17(19)24-6-4-15(25)23-18(24)27)9-30-33(28)29-7-5-13(32-33)10-2-3-11(20)12(21)8-10/h2-4,6,8,13-14,16-17,26H,5,7,9H2,1H3,(H,23,25,27)/t13-,14-,16-,17-,19-,33+/m1/s1. The first kappa shape index (κ1) is 24.2. The molecule has 0 bridgehead atoms. The Hall–Kier alpha value is -1.92. The summed E-state index contributed by atoms with van der Waals surface area (Å²) in [5, 5.41) is 10.3. The van der Waals surface area contributed by atoms with Crippen molar-refractivity contribution in [3.8, 4) is 0 Å². The zero-order chi connectivity index (χ0) is 24.0. The Labute approximate surface area is 190 Å². The number of phosphoric acid groups is 1. The Bertz CT molecular complexity index is 1200. The van der Waals surface area contributed by atoms with E-state index < -0.39 is 61.7 Å². The fourth-order valence-corrected chi connectivity index (χ4v) is 5.16. The van der Waals surface area contributed by atoms with Gasteiger partial charge < -0.3 is 9.84 Å². The molecular formula is C19H20ClF2N2O8P. The van der Waals surface area contributed by atoms with E-state index in [9.17, 15) is 23.7 Å². The number of aliphatic hydroxyl groups is 1. The van der Waals surface area contributed by atoms with Gasteiger partial charge in [0.15, 0.2) is 11.9 Å². The highest BCUT2D eigenvalue weighted by Crippen LogP contribution is 2.57. The number of halogens is 3. The minimum absolute atomic E-state index is 0.0313. The molecule has 2 N–H and O–H groups in total. The molecule has 1 aromatic heterocycles. The maximum absolute atomic E-state index is 15.2. The molecule has 33 heavy (non-hydrogen) atoms. The highest BCUT2D eigenvalue weighted by molar-refractivity contribution is 7.48. The van der Waals surface area contributed by atoms with Crippen LogP contribution in [0.5, 0.6) is 0 Å². The highest BCUT2D eigenvalue weighted by Gasteiger charge is 2.56. The molecule has 0 unspecified atom stereocenters. The van der Waals surface area contributed by atoms with Gasteiger partial charge in [0.2, 0.25) is 0 Å². The molecule has 2 saturated heterocycles. The van der Waals surface area contributed by atoms with Crippen LogP contribution in [-0.2, 0) is 22.9 Å². The van der Waals surface area contributed by atoms with Crippen molar-refractivity contribution in [2.45, 2.75) is 43.6 Å². The molecule has 2 aliphatic rings. The average Bonchev–Trinajstić information content (AvgIpc) is 2.98. The second-order valence-electron chi connectivity index (χ2n) is 7.77. The first-order valence-corrected chi connectivity index (χ1v) is 11.7. The van der Waals surface area contributed by atoms with Crippen molar-refractivity contribution in [3.63, 3.8) is 0 Å². The number of aromatic amines is 1. The number of ether oxygens (including phenoxy) is 1. The van der Waals surface area contributed by atoms with Crippen LogP contribution in [-0.4, -0.2) is 45.7 Å². The van der Waals surface area contributed by atoms with Crippen molar-refractivity contribution < 1.29 is 36.8 Å². The highest BCUT2D eigenvalue weighted by atomic mass is 35.5.